The zero-order valence-electron chi connectivity index (χ0n) is 12.4. The van der Waals surface area contributed by atoms with Gasteiger partial charge in [-0.15, -0.1) is 5.10 Å². The molecule has 0 atom stereocenters. The highest BCUT2D eigenvalue weighted by Gasteiger charge is 2.22. The smallest absolute Gasteiger partial charge is 0.358 e. The van der Waals surface area contributed by atoms with Crippen LogP contribution in [0, 0.1) is 11.6 Å². The van der Waals surface area contributed by atoms with Crippen LogP contribution in [-0.2, 0) is 0 Å². The normalized spacial score (nSPS) is 10.6. The third-order valence-electron chi connectivity index (χ3n) is 3.37. The van der Waals surface area contributed by atoms with Crippen molar-refractivity contribution in [2.45, 2.75) is 0 Å². The first-order chi connectivity index (χ1) is 11.5. The maximum Gasteiger partial charge on any atom is 0.358 e. The molecule has 122 valence electrons. The minimum absolute atomic E-state index is 0.0423. The molecule has 2 aromatic carbocycles. The number of aromatic carboxylic acids is 1. The van der Waals surface area contributed by atoms with E-state index >= 15 is 0 Å². The van der Waals surface area contributed by atoms with Crippen molar-refractivity contribution in [3.8, 4) is 22.7 Å². The molecule has 0 spiro atoms. The van der Waals surface area contributed by atoms with Gasteiger partial charge >= 0.3 is 5.97 Å². The van der Waals surface area contributed by atoms with Crippen molar-refractivity contribution in [3.05, 3.63) is 59.8 Å². The topological polar surface area (TPSA) is 77.2 Å². The van der Waals surface area contributed by atoms with E-state index in [1.54, 1.807) is 0 Å². The second-order valence-corrected chi connectivity index (χ2v) is 4.83. The summed E-state index contributed by atoms with van der Waals surface area (Å²) >= 11 is 0. The molecule has 1 N–H and O–H groups in total. The number of hydrogen-bond donors (Lipinski definition) is 1. The average Bonchev–Trinajstić information content (AvgIpc) is 3.00. The molecule has 8 heteroatoms. The number of methoxy groups -OCH3 is 1. The number of aromatic nitrogens is 3. The fraction of sp³-hybridized carbons (Fsp3) is 0.0625. The quantitative estimate of drug-likeness (QED) is 0.795. The standard InChI is InChI=1S/C16H11F2N3O3/c1-24-13-7-6-11(8-12(13)18)21-15(14(16(22)23)19-20-21)9-2-4-10(17)5-3-9/h2-8H,1H3,(H,22,23). The molecule has 6 nitrogen and oxygen atoms in total. The molecule has 1 aromatic heterocycles. The molecule has 0 bridgehead atoms. The Balaban J connectivity index is 2.20. The van der Waals surface area contributed by atoms with Crippen LogP contribution in [0.2, 0.25) is 0 Å². The molecule has 0 fully saturated rings. The van der Waals surface area contributed by atoms with Crippen LogP contribution in [0.4, 0.5) is 8.78 Å². The molecule has 0 aliphatic rings. The number of nitrogens with zero attached hydrogens (tertiary/aromatic N) is 3. The van der Waals surface area contributed by atoms with Gasteiger partial charge in [-0.1, -0.05) is 5.21 Å². The lowest BCUT2D eigenvalue weighted by Gasteiger charge is -2.09. The van der Waals surface area contributed by atoms with Crippen molar-refractivity contribution in [2.24, 2.45) is 0 Å². The van der Waals surface area contributed by atoms with Crippen molar-refractivity contribution >= 4 is 5.97 Å². The lowest BCUT2D eigenvalue weighted by atomic mass is 10.1. The highest BCUT2D eigenvalue weighted by atomic mass is 19.1. The minimum atomic E-state index is -1.30. The number of hydrogen-bond acceptors (Lipinski definition) is 4. The molecular weight excluding hydrogens is 320 g/mol. The summed E-state index contributed by atoms with van der Waals surface area (Å²) in [7, 11) is 1.33. The Labute approximate surface area is 134 Å². The van der Waals surface area contributed by atoms with Crippen LogP contribution in [0.3, 0.4) is 0 Å². The first-order valence-corrected chi connectivity index (χ1v) is 6.80. The minimum Gasteiger partial charge on any atom is -0.494 e. The highest BCUT2D eigenvalue weighted by Crippen LogP contribution is 2.27. The number of ether oxygens (including phenoxy) is 1. The average molecular weight is 331 g/mol. The number of carboxylic acid groups (broad SMARTS) is 1. The maximum absolute atomic E-state index is 13.9. The van der Waals surface area contributed by atoms with Crippen LogP contribution >= 0.6 is 0 Å². The maximum atomic E-state index is 13.9. The van der Waals surface area contributed by atoms with Crippen molar-refractivity contribution in [2.75, 3.05) is 7.11 Å². The van der Waals surface area contributed by atoms with E-state index < -0.39 is 17.6 Å². The van der Waals surface area contributed by atoms with Crippen LogP contribution in [0.1, 0.15) is 10.5 Å². The number of rotatable bonds is 4. The Kier molecular flexibility index (Phi) is 3.95. The lowest BCUT2D eigenvalue weighted by molar-refractivity contribution is 0.0691. The molecule has 0 radical (unpaired) electrons. The molecule has 0 aliphatic carbocycles. The van der Waals surface area contributed by atoms with Gasteiger partial charge in [0.1, 0.15) is 11.5 Å². The summed E-state index contributed by atoms with van der Waals surface area (Å²) in [5, 5.41) is 16.7. The molecule has 0 saturated heterocycles. The first kappa shape index (κ1) is 15.6. The van der Waals surface area contributed by atoms with E-state index in [4.69, 9.17) is 4.74 Å². The predicted molar refractivity (Wildman–Crippen MR) is 80.2 cm³/mol. The molecule has 3 aromatic rings. The van der Waals surface area contributed by atoms with Gasteiger partial charge in [-0.3, -0.25) is 0 Å². The number of carboxylic acids is 1. The molecule has 0 amide bonds. The van der Waals surface area contributed by atoms with Crippen LogP contribution in [-0.4, -0.2) is 33.2 Å². The Hall–Kier alpha value is -3.29. The largest absolute Gasteiger partial charge is 0.494 e. The van der Waals surface area contributed by atoms with E-state index in [1.807, 2.05) is 0 Å². The van der Waals surface area contributed by atoms with Gasteiger partial charge in [-0.25, -0.2) is 18.3 Å². The summed E-state index contributed by atoms with van der Waals surface area (Å²) in [4.78, 5) is 11.4. The molecule has 24 heavy (non-hydrogen) atoms. The summed E-state index contributed by atoms with van der Waals surface area (Å²) < 4.78 is 33.1. The number of benzene rings is 2. The molecule has 1 heterocycles. The summed E-state index contributed by atoms with van der Waals surface area (Å²) in [5.74, 6) is -2.35. The van der Waals surface area contributed by atoms with Crippen LogP contribution in [0.25, 0.3) is 16.9 Å². The highest BCUT2D eigenvalue weighted by molar-refractivity contribution is 5.93. The van der Waals surface area contributed by atoms with Crippen molar-refractivity contribution < 1.29 is 23.4 Å². The fourth-order valence-electron chi connectivity index (χ4n) is 2.26. The van der Waals surface area contributed by atoms with Crippen molar-refractivity contribution in [1.29, 1.82) is 0 Å². The van der Waals surface area contributed by atoms with Gasteiger partial charge in [0, 0.05) is 11.6 Å². The van der Waals surface area contributed by atoms with E-state index in [2.05, 4.69) is 10.3 Å². The zero-order chi connectivity index (χ0) is 17.3. The van der Waals surface area contributed by atoms with E-state index in [-0.39, 0.29) is 22.8 Å². The number of carbonyl (C=O) groups is 1. The first-order valence-electron chi connectivity index (χ1n) is 6.80. The van der Waals surface area contributed by atoms with Gasteiger partial charge in [-0.2, -0.15) is 0 Å². The summed E-state index contributed by atoms with van der Waals surface area (Å²) in [6, 6.07) is 9.22. The third kappa shape index (κ3) is 2.69. The van der Waals surface area contributed by atoms with E-state index in [0.29, 0.717) is 5.56 Å². The monoisotopic (exact) mass is 331 g/mol. The van der Waals surface area contributed by atoms with E-state index in [0.717, 1.165) is 6.07 Å². The fourth-order valence-corrected chi connectivity index (χ4v) is 2.26. The van der Waals surface area contributed by atoms with Crippen LogP contribution in [0.15, 0.2) is 42.5 Å². The summed E-state index contributed by atoms with van der Waals surface area (Å²) in [5.41, 5.74) is 0.438. The Morgan fingerprint density at radius 2 is 1.88 bits per heavy atom. The van der Waals surface area contributed by atoms with Gasteiger partial charge < -0.3 is 9.84 Å². The second-order valence-electron chi connectivity index (χ2n) is 4.83. The van der Waals surface area contributed by atoms with Crippen LogP contribution < -0.4 is 4.74 Å². The molecule has 3 rings (SSSR count). The zero-order valence-corrected chi connectivity index (χ0v) is 12.4. The van der Waals surface area contributed by atoms with Crippen LogP contribution in [0.5, 0.6) is 5.75 Å². The SMILES string of the molecule is COc1ccc(-n2nnc(C(=O)O)c2-c2ccc(F)cc2)cc1F. The van der Waals surface area contributed by atoms with Gasteiger partial charge in [0.2, 0.25) is 0 Å². The molecule has 0 saturated carbocycles. The van der Waals surface area contributed by atoms with Crippen molar-refractivity contribution in [3.63, 3.8) is 0 Å². The van der Waals surface area contributed by atoms with Crippen molar-refractivity contribution in [1.82, 2.24) is 15.0 Å². The second kappa shape index (κ2) is 6.07. The molecular formula is C16H11F2N3O3. The van der Waals surface area contributed by atoms with E-state index in [1.165, 1.54) is 48.2 Å². The Bertz CT molecular complexity index is 907. The Morgan fingerprint density at radius 1 is 1.17 bits per heavy atom. The molecule has 0 unspecified atom stereocenters. The summed E-state index contributed by atoms with van der Waals surface area (Å²) in [6.07, 6.45) is 0. The van der Waals surface area contributed by atoms with Gasteiger partial charge in [0.25, 0.3) is 0 Å². The summed E-state index contributed by atoms with van der Waals surface area (Å²) in [6.45, 7) is 0. The lowest BCUT2D eigenvalue weighted by Crippen LogP contribution is -2.04. The van der Waals surface area contributed by atoms with Gasteiger partial charge in [0.05, 0.1) is 12.8 Å². The third-order valence-corrected chi connectivity index (χ3v) is 3.37. The van der Waals surface area contributed by atoms with Gasteiger partial charge in [-0.05, 0) is 36.4 Å². The Morgan fingerprint density at radius 3 is 2.46 bits per heavy atom. The van der Waals surface area contributed by atoms with E-state index in [9.17, 15) is 18.7 Å². The number of halogens is 2. The molecule has 0 aliphatic heterocycles. The predicted octanol–water partition coefficient (Wildman–Crippen LogP) is 2.92. The van der Waals surface area contributed by atoms with Gasteiger partial charge in [0.15, 0.2) is 17.3 Å².